The number of esters is 1. The predicted octanol–water partition coefficient (Wildman–Crippen LogP) is 4.70. The molecule has 0 heterocycles. The van der Waals surface area contributed by atoms with Gasteiger partial charge in [0.15, 0.2) is 6.10 Å². The molecule has 4 nitrogen and oxygen atoms in total. The summed E-state index contributed by atoms with van der Waals surface area (Å²) in [6.45, 7) is 3.92. The Morgan fingerprint density at radius 3 is 1.72 bits per heavy atom. The maximum Gasteiger partial charge on any atom is 0.337 e. The summed E-state index contributed by atoms with van der Waals surface area (Å²) in [5, 5.41) is 19.1. The summed E-state index contributed by atoms with van der Waals surface area (Å²) < 4.78 is 18.4. The summed E-state index contributed by atoms with van der Waals surface area (Å²) >= 11 is 0. The highest BCUT2D eigenvalue weighted by Crippen LogP contribution is 2.16. The van der Waals surface area contributed by atoms with Crippen LogP contribution in [-0.2, 0) is 9.53 Å². The molecular formula is C20H39FO4. The average Bonchev–Trinajstić information content (AvgIpc) is 2.61. The van der Waals surface area contributed by atoms with Crippen molar-refractivity contribution in [1.82, 2.24) is 0 Å². The van der Waals surface area contributed by atoms with Gasteiger partial charge < -0.3 is 14.9 Å². The van der Waals surface area contributed by atoms with E-state index in [1.807, 2.05) is 0 Å². The number of ether oxygens (including phenoxy) is 1. The van der Waals surface area contributed by atoms with Crippen molar-refractivity contribution in [3.05, 3.63) is 0 Å². The lowest BCUT2D eigenvalue weighted by molar-refractivity contribution is -0.162. The molecule has 0 spiro atoms. The van der Waals surface area contributed by atoms with Crippen LogP contribution in [0.4, 0.5) is 4.39 Å². The SMILES string of the molecule is CCCCCCCCCCCCCCC(F)[C@H](O)[C@@H](O)C(=O)OCC. The quantitative estimate of drug-likeness (QED) is 0.291. The Labute approximate surface area is 153 Å². The Bertz CT molecular complexity index is 312. The lowest BCUT2D eigenvalue weighted by Gasteiger charge is -2.19. The minimum absolute atomic E-state index is 0.0955. The summed E-state index contributed by atoms with van der Waals surface area (Å²) in [7, 11) is 0. The van der Waals surface area contributed by atoms with Gasteiger partial charge in [-0.15, -0.1) is 0 Å². The van der Waals surface area contributed by atoms with Crippen molar-refractivity contribution in [2.24, 2.45) is 0 Å². The molecule has 0 saturated heterocycles. The van der Waals surface area contributed by atoms with Crippen LogP contribution in [0.15, 0.2) is 0 Å². The van der Waals surface area contributed by atoms with Gasteiger partial charge in [-0.25, -0.2) is 9.18 Å². The number of carbonyl (C=O) groups is 1. The summed E-state index contributed by atoms with van der Waals surface area (Å²) in [4.78, 5) is 11.3. The molecule has 150 valence electrons. The van der Waals surface area contributed by atoms with E-state index in [2.05, 4.69) is 11.7 Å². The number of carbonyl (C=O) groups excluding carboxylic acids is 1. The first-order chi connectivity index (χ1) is 12.0. The first-order valence-electron chi connectivity index (χ1n) is 10.2. The van der Waals surface area contributed by atoms with E-state index in [1.165, 1.54) is 57.8 Å². The molecule has 1 unspecified atom stereocenters. The lowest BCUT2D eigenvalue weighted by atomic mass is 10.0. The molecule has 3 atom stereocenters. The fourth-order valence-corrected chi connectivity index (χ4v) is 2.92. The molecule has 0 aliphatic carbocycles. The minimum atomic E-state index is -1.80. The molecule has 0 amide bonds. The Kier molecular flexibility index (Phi) is 16.3. The average molecular weight is 363 g/mol. The molecule has 0 bridgehead atoms. The molecule has 0 aliphatic rings. The fourth-order valence-electron chi connectivity index (χ4n) is 2.92. The first-order valence-corrected chi connectivity index (χ1v) is 10.2. The summed E-state index contributed by atoms with van der Waals surface area (Å²) in [6, 6.07) is 0. The molecule has 0 radical (unpaired) electrons. The molecule has 0 aromatic carbocycles. The van der Waals surface area contributed by atoms with Gasteiger partial charge in [-0.2, -0.15) is 0 Å². The number of halogens is 1. The molecule has 2 N–H and O–H groups in total. The zero-order chi connectivity index (χ0) is 18.9. The van der Waals surface area contributed by atoms with Crippen LogP contribution in [-0.4, -0.2) is 41.2 Å². The monoisotopic (exact) mass is 362 g/mol. The molecule has 25 heavy (non-hydrogen) atoms. The van der Waals surface area contributed by atoms with Crippen LogP contribution >= 0.6 is 0 Å². The van der Waals surface area contributed by atoms with Crippen molar-refractivity contribution >= 4 is 5.97 Å². The number of unbranched alkanes of at least 4 members (excludes halogenated alkanes) is 11. The minimum Gasteiger partial charge on any atom is -0.464 e. The van der Waals surface area contributed by atoms with Crippen molar-refractivity contribution in [1.29, 1.82) is 0 Å². The van der Waals surface area contributed by atoms with Gasteiger partial charge in [0.2, 0.25) is 0 Å². The molecule has 0 fully saturated rings. The molecule has 0 aromatic rings. The van der Waals surface area contributed by atoms with Gasteiger partial charge in [-0.1, -0.05) is 84.0 Å². The third kappa shape index (κ3) is 13.2. The van der Waals surface area contributed by atoms with Gasteiger partial charge in [-0.05, 0) is 13.3 Å². The van der Waals surface area contributed by atoms with Crippen molar-refractivity contribution in [3.63, 3.8) is 0 Å². The Balaban J connectivity index is 3.50. The summed E-state index contributed by atoms with van der Waals surface area (Å²) in [5.74, 6) is -0.965. The Morgan fingerprint density at radius 2 is 1.28 bits per heavy atom. The van der Waals surface area contributed by atoms with E-state index in [0.717, 1.165) is 12.8 Å². The lowest BCUT2D eigenvalue weighted by Crippen LogP contribution is -2.41. The van der Waals surface area contributed by atoms with Gasteiger partial charge in [0, 0.05) is 0 Å². The number of aliphatic hydroxyl groups is 2. The van der Waals surface area contributed by atoms with Crippen LogP contribution in [0.5, 0.6) is 0 Å². The van der Waals surface area contributed by atoms with E-state index in [9.17, 15) is 19.4 Å². The van der Waals surface area contributed by atoms with Gasteiger partial charge in [0.05, 0.1) is 6.61 Å². The van der Waals surface area contributed by atoms with Crippen molar-refractivity contribution in [2.75, 3.05) is 6.61 Å². The third-order valence-corrected chi connectivity index (χ3v) is 4.56. The van der Waals surface area contributed by atoms with E-state index in [1.54, 1.807) is 6.92 Å². The highest BCUT2D eigenvalue weighted by molar-refractivity contribution is 5.75. The number of alkyl halides is 1. The first kappa shape index (κ1) is 24.3. The van der Waals surface area contributed by atoms with Crippen LogP contribution in [0.1, 0.15) is 97.3 Å². The number of hydrogen-bond donors (Lipinski definition) is 2. The van der Waals surface area contributed by atoms with Gasteiger partial charge in [-0.3, -0.25) is 0 Å². The molecule has 5 heteroatoms. The zero-order valence-corrected chi connectivity index (χ0v) is 16.2. The molecular weight excluding hydrogens is 323 g/mol. The summed E-state index contributed by atoms with van der Waals surface area (Å²) in [5.41, 5.74) is 0. The van der Waals surface area contributed by atoms with E-state index in [-0.39, 0.29) is 13.0 Å². The maximum atomic E-state index is 13.8. The van der Waals surface area contributed by atoms with E-state index >= 15 is 0 Å². The van der Waals surface area contributed by atoms with E-state index < -0.39 is 24.3 Å². The molecule has 0 saturated carbocycles. The second-order valence-corrected chi connectivity index (χ2v) is 6.88. The summed E-state index contributed by atoms with van der Waals surface area (Å²) in [6.07, 6.45) is 9.39. The zero-order valence-electron chi connectivity index (χ0n) is 16.2. The van der Waals surface area contributed by atoms with Gasteiger partial charge in [0.1, 0.15) is 12.3 Å². The van der Waals surface area contributed by atoms with Crippen LogP contribution in [0.2, 0.25) is 0 Å². The maximum absolute atomic E-state index is 13.8. The highest BCUT2D eigenvalue weighted by Gasteiger charge is 2.32. The van der Waals surface area contributed by atoms with Crippen molar-refractivity contribution < 1.29 is 24.1 Å². The van der Waals surface area contributed by atoms with Crippen LogP contribution in [0, 0.1) is 0 Å². The number of hydrogen-bond acceptors (Lipinski definition) is 4. The van der Waals surface area contributed by atoms with Gasteiger partial charge >= 0.3 is 5.97 Å². The molecule has 0 aliphatic heterocycles. The topological polar surface area (TPSA) is 66.8 Å². The van der Waals surface area contributed by atoms with Gasteiger partial charge in [0.25, 0.3) is 0 Å². The normalized spacial score (nSPS) is 14.9. The van der Waals surface area contributed by atoms with Crippen LogP contribution in [0.25, 0.3) is 0 Å². The van der Waals surface area contributed by atoms with Crippen LogP contribution in [0.3, 0.4) is 0 Å². The molecule has 0 rings (SSSR count). The second-order valence-electron chi connectivity index (χ2n) is 6.88. The number of aliphatic hydroxyl groups excluding tert-OH is 2. The largest absolute Gasteiger partial charge is 0.464 e. The third-order valence-electron chi connectivity index (χ3n) is 4.56. The fraction of sp³-hybridized carbons (Fsp3) is 0.950. The van der Waals surface area contributed by atoms with Crippen molar-refractivity contribution in [2.45, 2.75) is 116 Å². The van der Waals surface area contributed by atoms with E-state index in [0.29, 0.717) is 6.42 Å². The van der Waals surface area contributed by atoms with Crippen LogP contribution < -0.4 is 0 Å². The smallest absolute Gasteiger partial charge is 0.337 e. The van der Waals surface area contributed by atoms with Crippen molar-refractivity contribution in [3.8, 4) is 0 Å². The second kappa shape index (κ2) is 16.8. The number of rotatable bonds is 17. The Hall–Kier alpha value is -0.680. The Morgan fingerprint density at radius 1 is 0.840 bits per heavy atom. The standard InChI is InChI=1S/C20H39FO4/c1-3-5-6-7-8-9-10-11-12-13-14-15-16-17(21)18(22)19(23)20(24)25-4-2/h17-19,22-23H,3-16H2,1-2H3/t17?,18-,19+/m0/s1. The molecule has 0 aromatic heterocycles. The highest BCUT2D eigenvalue weighted by atomic mass is 19.1. The van der Waals surface area contributed by atoms with E-state index in [4.69, 9.17) is 0 Å². The predicted molar refractivity (Wildman–Crippen MR) is 99.2 cm³/mol.